The van der Waals surface area contributed by atoms with Crippen LogP contribution in [0.15, 0.2) is 18.2 Å². The molecule has 0 spiro atoms. The molecule has 0 aromatic rings. The lowest BCUT2D eigenvalue weighted by Gasteiger charge is -2.01. The maximum Gasteiger partial charge on any atom is -0.0230 e. The molecule has 0 saturated heterocycles. The monoisotopic (exact) mass is 403 g/mol. The fourth-order valence-electron chi connectivity index (χ4n) is 3.96. The van der Waals surface area contributed by atoms with E-state index in [9.17, 15) is 0 Å². The Balaban J connectivity index is 3.14. The van der Waals surface area contributed by atoms with E-state index in [1.54, 1.807) is 0 Å². The molecule has 0 unspecified atom stereocenters. The first-order chi connectivity index (χ1) is 14.4. The summed E-state index contributed by atoms with van der Waals surface area (Å²) in [6.45, 7) is 4.59. The van der Waals surface area contributed by atoms with Crippen molar-refractivity contribution >= 4 is 0 Å². The molecule has 171 valence electrons. The predicted molar refractivity (Wildman–Crippen MR) is 134 cm³/mol. The fraction of sp³-hybridized carbons (Fsp3) is 0.862. The summed E-state index contributed by atoms with van der Waals surface area (Å²) in [5.74, 6) is 0. The normalized spacial score (nSPS) is 11.9. The first-order valence-electron chi connectivity index (χ1n) is 13.6. The highest BCUT2D eigenvalue weighted by Gasteiger charge is 1.93. The quantitative estimate of drug-likeness (QED) is 0.111. The molecule has 0 rings (SSSR count). The Morgan fingerprint density at radius 2 is 0.759 bits per heavy atom. The van der Waals surface area contributed by atoms with Gasteiger partial charge < -0.3 is 0 Å². The van der Waals surface area contributed by atoms with Gasteiger partial charge in [0.2, 0.25) is 0 Å². The van der Waals surface area contributed by atoms with Crippen LogP contribution in [-0.2, 0) is 0 Å². The molecule has 29 heavy (non-hydrogen) atoms. The molecule has 0 nitrogen and oxygen atoms in total. The zero-order valence-electron chi connectivity index (χ0n) is 20.5. The van der Waals surface area contributed by atoms with Gasteiger partial charge >= 0.3 is 0 Å². The van der Waals surface area contributed by atoms with Crippen molar-refractivity contribution in [2.45, 2.75) is 162 Å². The van der Waals surface area contributed by atoms with Crippen LogP contribution in [0.25, 0.3) is 0 Å². The molecule has 0 amide bonds. The van der Waals surface area contributed by atoms with Gasteiger partial charge in [0.1, 0.15) is 0 Å². The Morgan fingerprint density at radius 3 is 1.17 bits per heavy atom. The van der Waals surface area contributed by atoms with Gasteiger partial charge in [0.05, 0.1) is 0 Å². The van der Waals surface area contributed by atoms with Crippen LogP contribution < -0.4 is 0 Å². The summed E-state index contributed by atoms with van der Waals surface area (Å²) in [4.78, 5) is 0. The van der Waals surface area contributed by atoms with E-state index in [1.807, 2.05) is 0 Å². The van der Waals surface area contributed by atoms with E-state index in [4.69, 9.17) is 0 Å². The molecular formula is C29H55. The van der Waals surface area contributed by atoms with Gasteiger partial charge in [0.25, 0.3) is 0 Å². The maximum absolute atomic E-state index is 3.35. The average Bonchev–Trinajstić information content (AvgIpc) is 2.74. The van der Waals surface area contributed by atoms with Crippen molar-refractivity contribution in [3.05, 3.63) is 24.3 Å². The summed E-state index contributed by atoms with van der Waals surface area (Å²) in [5.41, 5.74) is 0. The van der Waals surface area contributed by atoms with Crippen molar-refractivity contribution in [2.24, 2.45) is 0 Å². The topological polar surface area (TPSA) is 0 Å². The first-order valence-corrected chi connectivity index (χ1v) is 13.6. The fourth-order valence-corrected chi connectivity index (χ4v) is 3.96. The van der Waals surface area contributed by atoms with Crippen LogP contribution in [0.4, 0.5) is 0 Å². The second-order valence-corrected chi connectivity index (χ2v) is 9.07. The second kappa shape index (κ2) is 27.5. The highest BCUT2D eigenvalue weighted by Crippen LogP contribution is 2.13. The smallest absolute Gasteiger partial charge is 0.0230 e. The second-order valence-electron chi connectivity index (χ2n) is 9.07. The van der Waals surface area contributed by atoms with Gasteiger partial charge in [0, 0.05) is 0 Å². The van der Waals surface area contributed by atoms with E-state index in [2.05, 4.69) is 38.2 Å². The summed E-state index contributed by atoms with van der Waals surface area (Å²) < 4.78 is 0. The summed E-state index contributed by atoms with van der Waals surface area (Å²) >= 11 is 0. The standard InChI is InChI=1S/C29H55/c1-3-5-7-9-11-13-15-17-19-21-23-25-27-29-28-26-24-22-20-18-16-14-12-10-8-6-4-2/h25,28-29H,3-24,26H2,1-2H3. The summed E-state index contributed by atoms with van der Waals surface area (Å²) in [7, 11) is 0. The van der Waals surface area contributed by atoms with Crippen LogP contribution >= 0.6 is 0 Å². The highest BCUT2D eigenvalue weighted by atomic mass is 14.0. The molecular weight excluding hydrogens is 348 g/mol. The van der Waals surface area contributed by atoms with E-state index in [-0.39, 0.29) is 0 Å². The molecule has 0 heteroatoms. The highest BCUT2D eigenvalue weighted by molar-refractivity contribution is 4.94. The summed E-state index contributed by atoms with van der Waals surface area (Å²) in [6.07, 6.45) is 42.4. The zero-order chi connectivity index (χ0) is 21.1. The molecule has 0 N–H and O–H groups in total. The number of hydrogen-bond acceptors (Lipinski definition) is 0. The molecule has 0 heterocycles. The molecule has 0 aliphatic heterocycles. The van der Waals surface area contributed by atoms with E-state index >= 15 is 0 Å². The Labute approximate surface area is 186 Å². The minimum Gasteiger partial charge on any atom is -0.0839 e. The molecule has 0 saturated carbocycles. The zero-order valence-corrected chi connectivity index (χ0v) is 20.5. The molecule has 0 bridgehead atoms. The van der Waals surface area contributed by atoms with E-state index in [0.717, 1.165) is 0 Å². The lowest BCUT2D eigenvalue weighted by atomic mass is 10.1. The van der Waals surface area contributed by atoms with Gasteiger partial charge in [-0.25, -0.2) is 0 Å². The largest absolute Gasteiger partial charge is 0.0839 e. The van der Waals surface area contributed by atoms with Gasteiger partial charge in [-0.1, -0.05) is 154 Å². The molecule has 1 radical (unpaired) electrons. The Morgan fingerprint density at radius 1 is 0.414 bits per heavy atom. The average molecular weight is 404 g/mol. The number of unbranched alkanes of at least 4 members (excludes halogenated alkanes) is 21. The van der Waals surface area contributed by atoms with Crippen molar-refractivity contribution in [1.29, 1.82) is 0 Å². The summed E-state index contributed by atoms with van der Waals surface area (Å²) in [5, 5.41) is 0. The van der Waals surface area contributed by atoms with Crippen molar-refractivity contribution in [3.63, 3.8) is 0 Å². The third-order valence-corrected chi connectivity index (χ3v) is 6.01. The SMILES string of the molecule is CCCCCCCCCCCC/C=[C]/C=CCCCCCCCCCCCCC. The first kappa shape index (κ1) is 28.5. The molecule has 0 aromatic heterocycles. The Bertz CT molecular complexity index is 325. The Hall–Kier alpha value is -0.520. The van der Waals surface area contributed by atoms with Crippen LogP contribution in [0.5, 0.6) is 0 Å². The molecule has 0 aromatic carbocycles. The van der Waals surface area contributed by atoms with Gasteiger partial charge in [0.15, 0.2) is 0 Å². The van der Waals surface area contributed by atoms with E-state index < -0.39 is 0 Å². The molecule has 0 aliphatic carbocycles. The lowest BCUT2D eigenvalue weighted by Crippen LogP contribution is -1.82. The maximum atomic E-state index is 3.35. The molecule has 0 fully saturated rings. The van der Waals surface area contributed by atoms with E-state index in [1.165, 1.54) is 148 Å². The van der Waals surface area contributed by atoms with Crippen LogP contribution in [0, 0.1) is 6.08 Å². The van der Waals surface area contributed by atoms with Crippen LogP contribution in [0.1, 0.15) is 162 Å². The van der Waals surface area contributed by atoms with Crippen molar-refractivity contribution in [3.8, 4) is 0 Å². The van der Waals surface area contributed by atoms with Crippen molar-refractivity contribution < 1.29 is 0 Å². The third kappa shape index (κ3) is 27.5. The number of rotatable bonds is 24. The Kier molecular flexibility index (Phi) is 27.0. The molecule has 0 atom stereocenters. The van der Waals surface area contributed by atoms with Gasteiger partial charge in [-0.05, 0) is 31.8 Å². The number of hydrogen-bond donors (Lipinski definition) is 0. The minimum absolute atomic E-state index is 1.21. The minimum atomic E-state index is 1.21. The van der Waals surface area contributed by atoms with Crippen molar-refractivity contribution in [2.75, 3.05) is 0 Å². The van der Waals surface area contributed by atoms with Crippen LogP contribution in [-0.4, -0.2) is 0 Å². The predicted octanol–water partition coefficient (Wildman–Crippen LogP) is 10.9. The molecule has 0 aliphatic rings. The third-order valence-electron chi connectivity index (χ3n) is 6.01. The summed E-state index contributed by atoms with van der Waals surface area (Å²) in [6, 6.07) is 0. The van der Waals surface area contributed by atoms with E-state index in [0.29, 0.717) is 0 Å². The lowest BCUT2D eigenvalue weighted by molar-refractivity contribution is 0.550. The van der Waals surface area contributed by atoms with Crippen LogP contribution in [0.2, 0.25) is 0 Å². The number of allylic oxidation sites excluding steroid dienone is 4. The van der Waals surface area contributed by atoms with Crippen LogP contribution in [0.3, 0.4) is 0 Å². The van der Waals surface area contributed by atoms with Gasteiger partial charge in [-0.2, -0.15) is 0 Å². The van der Waals surface area contributed by atoms with Gasteiger partial charge in [-0.3, -0.25) is 0 Å². The van der Waals surface area contributed by atoms with Gasteiger partial charge in [-0.15, -0.1) is 0 Å². The van der Waals surface area contributed by atoms with Crippen molar-refractivity contribution in [1.82, 2.24) is 0 Å².